The van der Waals surface area contributed by atoms with E-state index in [1.807, 2.05) is 0 Å². The van der Waals surface area contributed by atoms with E-state index in [1.54, 1.807) is 20.2 Å². The first kappa shape index (κ1) is 16.6. The van der Waals surface area contributed by atoms with Crippen LogP contribution in [0.25, 0.3) is 10.9 Å². The number of piperidine rings is 1. The number of aromatic amines is 1. The van der Waals surface area contributed by atoms with Crippen LogP contribution in [0.5, 0.6) is 0 Å². The van der Waals surface area contributed by atoms with Crippen molar-refractivity contribution < 1.29 is 4.79 Å². The summed E-state index contributed by atoms with van der Waals surface area (Å²) in [5, 5.41) is 10.3. The topological polar surface area (TPSA) is 93.1 Å². The van der Waals surface area contributed by atoms with E-state index in [4.69, 9.17) is 0 Å². The van der Waals surface area contributed by atoms with E-state index < -0.39 is 5.56 Å². The third-order valence-corrected chi connectivity index (χ3v) is 5.71. The SMILES string of the molecule is CN(C)C(=O)c1cc2c(N3CCC4(CC3)CC4)c(C#N)c(=O)[nH]c2cn1. The van der Waals surface area contributed by atoms with Crippen molar-refractivity contribution in [3.63, 3.8) is 0 Å². The molecule has 0 unspecified atom stereocenters. The average molecular weight is 351 g/mol. The third kappa shape index (κ3) is 2.62. The fraction of sp³-hybridized carbons (Fsp3) is 0.474. The van der Waals surface area contributed by atoms with Gasteiger partial charge in [-0.15, -0.1) is 0 Å². The number of carbonyl (C=O) groups excluding carboxylic acids is 1. The Kier molecular flexibility index (Phi) is 3.72. The number of H-pyrrole nitrogens is 1. The van der Waals surface area contributed by atoms with Gasteiger partial charge in [0.05, 0.1) is 17.4 Å². The maximum absolute atomic E-state index is 12.4. The molecule has 1 amide bonds. The van der Waals surface area contributed by atoms with E-state index in [0.717, 1.165) is 25.9 Å². The van der Waals surface area contributed by atoms with Crippen LogP contribution in [0.2, 0.25) is 0 Å². The number of aromatic nitrogens is 2. The van der Waals surface area contributed by atoms with Gasteiger partial charge in [-0.1, -0.05) is 0 Å². The molecule has 0 atom stereocenters. The van der Waals surface area contributed by atoms with Crippen molar-refractivity contribution in [2.75, 3.05) is 32.1 Å². The first-order chi connectivity index (χ1) is 12.4. The number of hydrogen-bond donors (Lipinski definition) is 1. The lowest BCUT2D eigenvalue weighted by molar-refractivity contribution is 0.0822. The fourth-order valence-electron chi connectivity index (χ4n) is 3.84. The molecule has 2 aliphatic rings. The summed E-state index contributed by atoms with van der Waals surface area (Å²) in [7, 11) is 3.34. The zero-order valence-electron chi connectivity index (χ0n) is 15.0. The zero-order valence-corrected chi connectivity index (χ0v) is 15.0. The van der Waals surface area contributed by atoms with Gasteiger partial charge in [-0.05, 0) is 37.2 Å². The molecule has 3 heterocycles. The standard InChI is InChI=1S/C19H21N5O2/c1-23(2)18(26)14-9-12-15(11-21-14)22-17(25)13(10-20)16(12)24-7-5-19(3-4-19)6-8-24/h9,11H,3-8H2,1-2H3,(H,22,25). The summed E-state index contributed by atoms with van der Waals surface area (Å²) in [6.07, 6.45) is 6.24. The van der Waals surface area contributed by atoms with Crippen LogP contribution in [0.4, 0.5) is 5.69 Å². The Balaban J connectivity index is 1.87. The van der Waals surface area contributed by atoms with Crippen LogP contribution >= 0.6 is 0 Å². The fourth-order valence-corrected chi connectivity index (χ4v) is 3.84. The highest BCUT2D eigenvalue weighted by Crippen LogP contribution is 2.54. The van der Waals surface area contributed by atoms with Gasteiger partial charge < -0.3 is 14.8 Å². The van der Waals surface area contributed by atoms with Gasteiger partial charge >= 0.3 is 0 Å². The average Bonchev–Trinajstić information content (AvgIpc) is 3.39. The molecule has 7 heteroatoms. The van der Waals surface area contributed by atoms with Crippen LogP contribution in [-0.4, -0.2) is 48.0 Å². The molecular formula is C19H21N5O2. The van der Waals surface area contributed by atoms with E-state index in [0.29, 0.717) is 27.7 Å². The van der Waals surface area contributed by atoms with Crippen molar-refractivity contribution in [2.24, 2.45) is 5.41 Å². The predicted octanol–water partition coefficient (Wildman–Crippen LogP) is 1.88. The quantitative estimate of drug-likeness (QED) is 0.892. The molecule has 1 saturated carbocycles. The van der Waals surface area contributed by atoms with E-state index >= 15 is 0 Å². The Hall–Kier alpha value is -2.88. The summed E-state index contributed by atoms with van der Waals surface area (Å²) >= 11 is 0. The summed E-state index contributed by atoms with van der Waals surface area (Å²) in [6, 6.07) is 3.75. The van der Waals surface area contributed by atoms with Gasteiger partial charge in [0.2, 0.25) is 0 Å². The zero-order chi connectivity index (χ0) is 18.5. The van der Waals surface area contributed by atoms with Gasteiger partial charge in [0.15, 0.2) is 0 Å². The molecule has 2 fully saturated rings. The molecule has 0 radical (unpaired) electrons. The number of carbonyl (C=O) groups is 1. The number of pyridine rings is 2. The molecule has 26 heavy (non-hydrogen) atoms. The second-order valence-electron chi connectivity index (χ2n) is 7.59. The molecule has 0 bridgehead atoms. The van der Waals surface area contributed by atoms with Crippen molar-refractivity contribution in [2.45, 2.75) is 25.7 Å². The highest BCUT2D eigenvalue weighted by Gasteiger charge is 2.44. The second-order valence-corrected chi connectivity index (χ2v) is 7.59. The molecule has 4 rings (SSSR count). The Bertz CT molecular complexity index is 987. The number of amides is 1. The third-order valence-electron chi connectivity index (χ3n) is 5.71. The molecule has 1 saturated heterocycles. The van der Waals surface area contributed by atoms with Crippen LogP contribution in [0.3, 0.4) is 0 Å². The van der Waals surface area contributed by atoms with Crippen molar-refractivity contribution in [1.29, 1.82) is 5.26 Å². The molecule has 7 nitrogen and oxygen atoms in total. The monoisotopic (exact) mass is 351 g/mol. The van der Waals surface area contributed by atoms with E-state index in [9.17, 15) is 14.9 Å². The molecule has 2 aromatic rings. The summed E-state index contributed by atoms with van der Waals surface area (Å²) < 4.78 is 0. The van der Waals surface area contributed by atoms with Crippen LogP contribution in [-0.2, 0) is 0 Å². The number of nitrogens with one attached hydrogen (secondary N) is 1. The van der Waals surface area contributed by atoms with Gasteiger partial charge in [0.1, 0.15) is 17.3 Å². The number of hydrogen-bond acceptors (Lipinski definition) is 5. The molecule has 1 N–H and O–H groups in total. The first-order valence-electron chi connectivity index (χ1n) is 8.87. The number of nitriles is 1. The van der Waals surface area contributed by atoms with Crippen LogP contribution < -0.4 is 10.5 Å². The Labute approximate surface area is 151 Å². The molecule has 134 valence electrons. The molecule has 0 aromatic carbocycles. The van der Waals surface area contributed by atoms with Crippen LogP contribution in [0.15, 0.2) is 17.1 Å². The number of fused-ring (bicyclic) bond motifs is 1. The van der Waals surface area contributed by atoms with Gasteiger partial charge in [0, 0.05) is 32.6 Å². The van der Waals surface area contributed by atoms with E-state index in [2.05, 4.69) is 20.9 Å². The van der Waals surface area contributed by atoms with Crippen LogP contribution in [0.1, 0.15) is 41.7 Å². The summed E-state index contributed by atoms with van der Waals surface area (Å²) in [4.78, 5) is 35.2. The number of rotatable bonds is 2. The molecule has 2 aromatic heterocycles. The molecular weight excluding hydrogens is 330 g/mol. The number of anilines is 1. The summed E-state index contributed by atoms with van der Waals surface area (Å²) in [5.41, 5.74) is 1.68. The van der Waals surface area contributed by atoms with E-state index in [-0.39, 0.29) is 11.5 Å². The summed E-state index contributed by atoms with van der Waals surface area (Å²) in [5.74, 6) is -0.210. The molecule has 1 spiro atoms. The molecule has 1 aliphatic heterocycles. The Morgan fingerprint density at radius 1 is 1.31 bits per heavy atom. The lowest BCUT2D eigenvalue weighted by atomic mass is 9.92. The van der Waals surface area contributed by atoms with Crippen molar-refractivity contribution >= 4 is 22.5 Å². The minimum atomic E-state index is -0.407. The van der Waals surface area contributed by atoms with Crippen molar-refractivity contribution in [3.8, 4) is 6.07 Å². The summed E-state index contributed by atoms with van der Waals surface area (Å²) in [6.45, 7) is 1.65. The minimum absolute atomic E-state index is 0.110. The van der Waals surface area contributed by atoms with Crippen molar-refractivity contribution in [3.05, 3.63) is 33.9 Å². The maximum atomic E-state index is 12.4. The minimum Gasteiger partial charge on any atom is -0.370 e. The van der Waals surface area contributed by atoms with Gasteiger partial charge in [-0.25, -0.2) is 4.98 Å². The smallest absolute Gasteiger partial charge is 0.271 e. The highest BCUT2D eigenvalue weighted by molar-refractivity contribution is 6.00. The second kappa shape index (κ2) is 5.84. The highest BCUT2D eigenvalue weighted by atomic mass is 16.2. The van der Waals surface area contributed by atoms with Crippen molar-refractivity contribution in [1.82, 2.24) is 14.9 Å². The normalized spacial score (nSPS) is 18.0. The first-order valence-corrected chi connectivity index (χ1v) is 8.87. The van der Waals surface area contributed by atoms with Gasteiger partial charge in [-0.2, -0.15) is 5.26 Å². The van der Waals surface area contributed by atoms with Crippen LogP contribution in [0, 0.1) is 16.7 Å². The lowest BCUT2D eigenvalue weighted by Crippen LogP contribution is -2.36. The lowest BCUT2D eigenvalue weighted by Gasteiger charge is -2.34. The number of nitrogens with zero attached hydrogens (tertiary/aromatic N) is 4. The van der Waals surface area contributed by atoms with Gasteiger partial charge in [0.25, 0.3) is 11.5 Å². The predicted molar refractivity (Wildman–Crippen MR) is 98.2 cm³/mol. The Morgan fingerprint density at radius 3 is 2.58 bits per heavy atom. The molecule has 1 aliphatic carbocycles. The largest absolute Gasteiger partial charge is 0.370 e. The van der Waals surface area contributed by atoms with E-state index in [1.165, 1.54) is 23.9 Å². The van der Waals surface area contributed by atoms with Gasteiger partial charge in [-0.3, -0.25) is 9.59 Å². The maximum Gasteiger partial charge on any atom is 0.271 e. The Morgan fingerprint density at radius 2 is 2.00 bits per heavy atom.